The van der Waals surface area contributed by atoms with E-state index < -0.39 is 8.56 Å². The van der Waals surface area contributed by atoms with Crippen molar-refractivity contribution in [1.82, 2.24) is 0 Å². The van der Waals surface area contributed by atoms with Crippen molar-refractivity contribution in [2.75, 3.05) is 0 Å². The second-order valence-corrected chi connectivity index (χ2v) is 10.8. The molecule has 0 unspecified atom stereocenters. The molecular formula is C30H28O2Si. The zero-order valence-electron chi connectivity index (χ0n) is 18.7. The second kappa shape index (κ2) is 10.9. The standard InChI is InChI=1S/C30H28O2Si/c1-3-25-15-19-27(20-16-25)23-31-33(29-11-7-5-8-12-29,30-13-9-6-10-14-30)32-24-28-21-17-26(4-2)18-22-28/h3-22H,1-2,23-24H2. The summed E-state index contributed by atoms with van der Waals surface area (Å²) < 4.78 is 13.6. The first-order valence-electron chi connectivity index (χ1n) is 11.1. The van der Waals surface area contributed by atoms with Crippen molar-refractivity contribution in [2.24, 2.45) is 0 Å². The zero-order chi connectivity index (χ0) is 22.9. The SMILES string of the molecule is C=Cc1ccc(CO[Si](OCc2ccc(C=C)cc2)(c2ccccc2)c2ccccc2)cc1. The van der Waals surface area contributed by atoms with Crippen molar-refractivity contribution in [3.8, 4) is 0 Å². The fourth-order valence-corrected chi connectivity index (χ4v) is 6.81. The van der Waals surface area contributed by atoms with Crippen LogP contribution in [0, 0.1) is 0 Å². The molecular weight excluding hydrogens is 420 g/mol. The molecule has 0 aromatic heterocycles. The van der Waals surface area contributed by atoms with Gasteiger partial charge in [-0.1, -0.05) is 135 Å². The van der Waals surface area contributed by atoms with Crippen LogP contribution in [0.1, 0.15) is 22.3 Å². The van der Waals surface area contributed by atoms with Crippen LogP contribution in [0.3, 0.4) is 0 Å². The maximum atomic E-state index is 6.80. The molecule has 0 heterocycles. The van der Waals surface area contributed by atoms with Gasteiger partial charge in [0.05, 0.1) is 13.2 Å². The highest BCUT2D eigenvalue weighted by Crippen LogP contribution is 2.17. The largest absolute Gasteiger partial charge is 0.407 e. The molecule has 4 aromatic rings. The first-order chi connectivity index (χ1) is 16.2. The van der Waals surface area contributed by atoms with Crippen LogP contribution in [0.25, 0.3) is 12.2 Å². The summed E-state index contributed by atoms with van der Waals surface area (Å²) in [5, 5.41) is 2.17. The van der Waals surface area contributed by atoms with Gasteiger partial charge in [0, 0.05) is 0 Å². The molecule has 0 saturated carbocycles. The summed E-state index contributed by atoms with van der Waals surface area (Å²) in [6, 6.07) is 37.2. The predicted molar refractivity (Wildman–Crippen MR) is 141 cm³/mol. The second-order valence-electron chi connectivity index (χ2n) is 7.82. The van der Waals surface area contributed by atoms with Gasteiger partial charge in [0.1, 0.15) is 0 Å². The van der Waals surface area contributed by atoms with Gasteiger partial charge in [-0.2, -0.15) is 0 Å². The Kier molecular flexibility index (Phi) is 7.48. The Balaban J connectivity index is 1.70. The molecule has 0 atom stereocenters. The molecule has 0 fully saturated rings. The molecule has 0 amide bonds. The van der Waals surface area contributed by atoms with Gasteiger partial charge in [-0.15, -0.1) is 0 Å². The molecule has 33 heavy (non-hydrogen) atoms. The molecule has 4 aromatic carbocycles. The monoisotopic (exact) mass is 448 g/mol. The lowest BCUT2D eigenvalue weighted by atomic mass is 10.1. The third kappa shape index (κ3) is 5.47. The van der Waals surface area contributed by atoms with Gasteiger partial charge >= 0.3 is 8.56 Å². The topological polar surface area (TPSA) is 18.5 Å². The lowest BCUT2D eigenvalue weighted by Crippen LogP contribution is -2.63. The molecule has 0 aliphatic heterocycles. The predicted octanol–water partition coefficient (Wildman–Crippen LogP) is 5.96. The summed E-state index contributed by atoms with van der Waals surface area (Å²) in [6.07, 6.45) is 3.69. The first kappa shape index (κ1) is 22.7. The molecule has 3 heteroatoms. The van der Waals surface area contributed by atoms with E-state index in [1.807, 2.05) is 48.6 Å². The Labute approximate surface area is 197 Å². The van der Waals surface area contributed by atoms with Crippen LogP contribution >= 0.6 is 0 Å². The summed E-state index contributed by atoms with van der Waals surface area (Å²) in [5.74, 6) is 0. The highest BCUT2D eigenvalue weighted by molar-refractivity contribution is 6.92. The van der Waals surface area contributed by atoms with Crippen molar-refractivity contribution in [1.29, 1.82) is 0 Å². The number of rotatable bonds is 10. The van der Waals surface area contributed by atoms with Gasteiger partial charge in [0.15, 0.2) is 0 Å². The highest BCUT2D eigenvalue weighted by atomic mass is 28.4. The van der Waals surface area contributed by atoms with Crippen molar-refractivity contribution in [2.45, 2.75) is 13.2 Å². The minimum atomic E-state index is -3.00. The van der Waals surface area contributed by atoms with Crippen molar-refractivity contribution < 1.29 is 8.85 Å². The maximum absolute atomic E-state index is 6.80. The quantitative estimate of drug-likeness (QED) is 0.279. The molecule has 2 nitrogen and oxygen atoms in total. The number of hydrogen-bond acceptors (Lipinski definition) is 2. The Morgan fingerprint density at radius 2 is 0.879 bits per heavy atom. The molecule has 164 valence electrons. The van der Waals surface area contributed by atoms with Crippen molar-refractivity contribution >= 4 is 31.1 Å². The van der Waals surface area contributed by atoms with Crippen LogP contribution in [0.2, 0.25) is 0 Å². The molecule has 0 aliphatic carbocycles. The van der Waals surface area contributed by atoms with Gasteiger partial charge in [-0.3, -0.25) is 0 Å². The fourth-order valence-electron chi connectivity index (χ4n) is 3.73. The Hall–Kier alpha value is -3.50. The smallest absolute Gasteiger partial charge is 0.383 e. The lowest BCUT2D eigenvalue weighted by Gasteiger charge is -2.32. The van der Waals surface area contributed by atoms with Crippen LogP contribution in [0.4, 0.5) is 0 Å². The molecule has 0 bridgehead atoms. The van der Waals surface area contributed by atoms with Gasteiger partial charge in [0.25, 0.3) is 0 Å². The summed E-state index contributed by atoms with van der Waals surface area (Å²) >= 11 is 0. The average Bonchev–Trinajstić information content (AvgIpc) is 2.90. The van der Waals surface area contributed by atoms with Gasteiger partial charge < -0.3 is 8.85 Å². The summed E-state index contributed by atoms with van der Waals surface area (Å²) in [6.45, 7) is 8.60. The highest BCUT2D eigenvalue weighted by Gasteiger charge is 2.42. The minimum absolute atomic E-state index is 0.461. The van der Waals surface area contributed by atoms with Gasteiger partial charge in [0.2, 0.25) is 0 Å². The van der Waals surface area contributed by atoms with Crippen molar-refractivity contribution in [3.05, 3.63) is 145 Å². The van der Waals surface area contributed by atoms with E-state index in [1.165, 1.54) is 0 Å². The fraction of sp³-hybridized carbons (Fsp3) is 0.0667. The molecule has 0 spiro atoms. The van der Waals surface area contributed by atoms with E-state index in [0.717, 1.165) is 32.6 Å². The van der Waals surface area contributed by atoms with Crippen molar-refractivity contribution in [3.63, 3.8) is 0 Å². The van der Waals surface area contributed by atoms with E-state index in [0.29, 0.717) is 13.2 Å². The van der Waals surface area contributed by atoms with E-state index in [2.05, 4.69) is 86.0 Å². The van der Waals surface area contributed by atoms with E-state index in [1.54, 1.807) is 0 Å². The molecule has 0 aliphatic rings. The maximum Gasteiger partial charge on any atom is 0.407 e. The van der Waals surface area contributed by atoms with E-state index in [-0.39, 0.29) is 0 Å². The van der Waals surface area contributed by atoms with Crippen LogP contribution in [0.15, 0.2) is 122 Å². The molecule has 0 N–H and O–H groups in total. The van der Waals surface area contributed by atoms with E-state index in [9.17, 15) is 0 Å². The summed E-state index contributed by atoms with van der Waals surface area (Å²) in [4.78, 5) is 0. The van der Waals surface area contributed by atoms with Gasteiger partial charge in [-0.25, -0.2) is 0 Å². The summed E-state index contributed by atoms with van der Waals surface area (Å²) in [7, 11) is -3.00. The number of hydrogen-bond donors (Lipinski definition) is 0. The van der Waals surface area contributed by atoms with Crippen LogP contribution in [0.5, 0.6) is 0 Å². The van der Waals surface area contributed by atoms with Crippen LogP contribution in [-0.4, -0.2) is 8.56 Å². The third-order valence-electron chi connectivity index (χ3n) is 5.62. The van der Waals surface area contributed by atoms with Crippen LogP contribution < -0.4 is 10.4 Å². The Morgan fingerprint density at radius 1 is 0.515 bits per heavy atom. The summed E-state index contributed by atoms with van der Waals surface area (Å²) in [5.41, 5.74) is 4.38. The first-order valence-corrected chi connectivity index (χ1v) is 12.9. The van der Waals surface area contributed by atoms with Gasteiger partial charge in [-0.05, 0) is 32.6 Å². The molecule has 0 saturated heterocycles. The number of benzene rings is 4. The minimum Gasteiger partial charge on any atom is -0.383 e. The molecule has 4 rings (SSSR count). The lowest BCUT2D eigenvalue weighted by molar-refractivity contribution is 0.176. The average molecular weight is 449 g/mol. The van der Waals surface area contributed by atoms with E-state index >= 15 is 0 Å². The molecule has 0 radical (unpaired) electrons. The normalized spacial score (nSPS) is 11.2. The Bertz CT molecular complexity index is 1070. The Morgan fingerprint density at radius 3 is 1.21 bits per heavy atom. The van der Waals surface area contributed by atoms with Crippen LogP contribution in [-0.2, 0) is 22.1 Å². The third-order valence-corrected chi connectivity index (χ3v) is 8.91. The van der Waals surface area contributed by atoms with E-state index in [4.69, 9.17) is 8.85 Å². The zero-order valence-corrected chi connectivity index (χ0v) is 19.7.